The molecule has 0 aliphatic heterocycles. The Morgan fingerprint density at radius 2 is 1.88 bits per heavy atom. The van der Waals surface area contributed by atoms with E-state index in [9.17, 15) is 9.90 Å². The molecule has 1 fully saturated rings. The second kappa shape index (κ2) is 7.70. The van der Waals surface area contributed by atoms with Crippen LogP contribution in [0.5, 0.6) is 0 Å². The Hall–Kier alpha value is -0.570. The standard InChI is InChI=1S/C14H26O3/c1-2-12-11(9-10-13(12)15)7-5-3-4-6-8-14(16)17/h11-13,15H,2-10H2,1H3,(H,16,17)/t11?,12-,13?/m1/s1. The average Bonchev–Trinajstić information content (AvgIpc) is 2.63. The summed E-state index contributed by atoms with van der Waals surface area (Å²) in [7, 11) is 0. The van der Waals surface area contributed by atoms with Gasteiger partial charge in [0.2, 0.25) is 0 Å². The summed E-state index contributed by atoms with van der Waals surface area (Å²) in [5.41, 5.74) is 0. The van der Waals surface area contributed by atoms with Gasteiger partial charge in [-0.25, -0.2) is 0 Å². The number of aliphatic hydroxyl groups is 1. The second-order valence-electron chi connectivity index (χ2n) is 5.32. The zero-order chi connectivity index (χ0) is 12.7. The molecule has 17 heavy (non-hydrogen) atoms. The number of unbranched alkanes of at least 4 members (excludes halogenated alkanes) is 3. The predicted molar refractivity (Wildman–Crippen MR) is 67.8 cm³/mol. The molecule has 0 spiro atoms. The van der Waals surface area contributed by atoms with Gasteiger partial charge in [-0.3, -0.25) is 4.79 Å². The fourth-order valence-electron chi connectivity index (χ4n) is 3.13. The van der Waals surface area contributed by atoms with Gasteiger partial charge in [0.05, 0.1) is 6.10 Å². The molecular weight excluding hydrogens is 216 g/mol. The highest BCUT2D eigenvalue weighted by Gasteiger charge is 2.32. The molecule has 3 heteroatoms. The maximum absolute atomic E-state index is 10.3. The van der Waals surface area contributed by atoms with E-state index in [1.807, 2.05) is 0 Å². The lowest BCUT2D eigenvalue weighted by Gasteiger charge is -2.20. The molecule has 0 aromatic carbocycles. The number of hydrogen-bond acceptors (Lipinski definition) is 2. The van der Waals surface area contributed by atoms with Crippen molar-refractivity contribution in [1.82, 2.24) is 0 Å². The molecule has 1 aliphatic carbocycles. The zero-order valence-electron chi connectivity index (χ0n) is 10.9. The molecule has 0 aromatic rings. The molecule has 2 N–H and O–H groups in total. The van der Waals surface area contributed by atoms with Gasteiger partial charge < -0.3 is 10.2 Å². The van der Waals surface area contributed by atoms with Crippen LogP contribution in [0.2, 0.25) is 0 Å². The number of rotatable bonds is 8. The lowest BCUT2D eigenvalue weighted by molar-refractivity contribution is -0.137. The Morgan fingerprint density at radius 1 is 1.18 bits per heavy atom. The van der Waals surface area contributed by atoms with Crippen LogP contribution in [-0.4, -0.2) is 22.3 Å². The number of carboxylic acid groups (broad SMARTS) is 1. The number of aliphatic carboxylic acids is 1. The van der Waals surface area contributed by atoms with Crippen molar-refractivity contribution in [2.24, 2.45) is 11.8 Å². The molecule has 3 nitrogen and oxygen atoms in total. The number of carboxylic acids is 1. The van der Waals surface area contributed by atoms with E-state index in [0.717, 1.165) is 32.1 Å². The van der Waals surface area contributed by atoms with Crippen molar-refractivity contribution in [2.45, 2.75) is 70.8 Å². The van der Waals surface area contributed by atoms with Crippen LogP contribution >= 0.6 is 0 Å². The van der Waals surface area contributed by atoms with E-state index < -0.39 is 5.97 Å². The van der Waals surface area contributed by atoms with E-state index in [2.05, 4.69) is 6.92 Å². The zero-order valence-corrected chi connectivity index (χ0v) is 10.9. The average molecular weight is 242 g/mol. The number of hydrogen-bond donors (Lipinski definition) is 2. The van der Waals surface area contributed by atoms with Crippen molar-refractivity contribution in [3.05, 3.63) is 0 Å². The maximum Gasteiger partial charge on any atom is 0.303 e. The largest absolute Gasteiger partial charge is 0.481 e. The number of carbonyl (C=O) groups is 1. The molecule has 0 saturated heterocycles. The van der Waals surface area contributed by atoms with Crippen LogP contribution < -0.4 is 0 Å². The molecule has 2 unspecified atom stereocenters. The quantitative estimate of drug-likeness (QED) is 0.643. The Morgan fingerprint density at radius 3 is 2.53 bits per heavy atom. The molecule has 0 heterocycles. The van der Waals surface area contributed by atoms with Gasteiger partial charge in [-0.1, -0.05) is 39.0 Å². The van der Waals surface area contributed by atoms with Gasteiger partial charge in [-0.2, -0.15) is 0 Å². The highest BCUT2D eigenvalue weighted by atomic mass is 16.4. The first-order valence-corrected chi connectivity index (χ1v) is 7.05. The number of aliphatic hydroxyl groups excluding tert-OH is 1. The van der Waals surface area contributed by atoms with E-state index in [1.54, 1.807) is 0 Å². The topological polar surface area (TPSA) is 57.5 Å². The third-order valence-electron chi connectivity index (χ3n) is 4.12. The molecule has 1 rings (SSSR count). The Balaban J connectivity index is 2.04. The SMILES string of the molecule is CC[C@H]1C(O)CCC1CCCCCCC(=O)O. The second-order valence-corrected chi connectivity index (χ2v) is 5.32. The normalized spacial score (nSPS) is 28.5. The van der Waals surface area contributed by atoms with E-state index in [-0.39, 0.29) is 6.10 Å². The summed E-state index contributed by atoms with van der Waals surface area (Å²) in [6, 6.07) is 0. The fraction of sp³-hybridized carbons (Fsp3) is 0.929. The molecule has 3 atom stereocenters. The monoisotopic (exact) mass is 242 g/mol. The first-order chi connectivity index (χ1) is 8.15. The van der Waals surface area contributed by atoms with Gasteiger partial charge in [0.15, 0.2) is 0 Å². The van der Waals surface area contributed by atoms with Gasteiger partial charge >= 0.3 is 5.97 Å². The van der Waals surface area contributed by atoms with E-state index in [0.29, 0.717) is 18.3 Å². The predicted octanol–water partition coefficient (Wildman–Crippen LogP) is 3.21. The smallest absolute Gasteiger partial charge is 0.303 e. The van der Waals surface area contributed by atoms with Crippen LogP contribution in [0.3, 0.4) is 0 Å². The molecule has 1 aliphatic rings. The third kappa shape index (κ3) is 5.07. The van der Waals surface area contributed by atoms with Crippen LogP contribution in [0.15, 0.2) is 0 Å². The fourth-order valence-corrected chi connectivity index (χ4v) is 3.13. The Bertz CT molecular complexity index is 228. The summed E-state index contributed by atoms with van der Waals surface area (Å²) in [5.74, 6) is 0.526. The first kappa shape index (κ1) is 14.5. The molecule has 100 valence electrons. The van der Waals surface area contributed by atoms with Crippen LogP contribution in [-0.2, 0) is 4.79 Å². The lowest BCUT2D eigenvalue weighted by atomic mass is 9.88. The first-order valence-electron chi connectivity index (χ1n) is 7.05. The van der Waals surface area contributed by atoms with Gasteiger partial charge in [-0.05, 0) is 31.1 Å². The van der Waals surface area contributed by atoms with Crippen LogP contribution in [0.1, 0.15) is 64.7 Å². The molecule has 0 aromatic heterocycles. The van der Waals surface area contributed by atoms with Gasteiger partial charge in [-0.15, -0.1) is 0 Å². The summed E-state index contributed by atoms with van der Waals surface area (Å²) >= 11 is 0. The van der Waals surface area contributed by atoms with Crippen LogP contribution in [0.4, 0.5) is 0 Å². The highest BCUT2D eigenvalue weighted by Crippen LogP contribution is 2.37. The summed E-state index contributed by atoms with van der Waals surface area (Å²) in [6.07, 6.45) is 8.84. The molecule has 1 saturated carbocycles. The third-order valence-corrected chi connectivity index (χ3v) is 4.12. The minimum absolute atomic E-state index is 0.0722. The van der Waals surface area contributed by atoms with E-state index in [4.69, 9.17) is 5.11 Å². The van der Waals surface area contributed by atoms with Crippen LogP contribution in [0.25, 0.3) is 0 Å². The van der Waals surface area contributed by atoms with Crippen molar-refractivity contribution in [3.63, 3.8) is 0 Å². The molecule has 0 bridgehead atoms. The summed E-state index contributed by atoms with van der Waals surface area (Å²) in [5, 5.41) is 18.3. The minimum Gasteiger partial charge on any atom is -0.481 e. The maximum atomic E-state index is 10.3. The Kier molecular flexibility index (Phi) is 6.56. The van der Waals surface area contributed by atoms with Gasteiger partial charge in [0.25, 0.3) is 0 Å². The molecular formula is C14H26O3. The van der Waals surface area contributed by atoms with Crippen molar-refractivity contribution >= 4 is 5.97 Å². The summed E-state index contributed by atoms with van der Waals surface area (Å²) in [6.45, 7) is 2.17. The highest BCUT2D eigenvalue weighted by molar-refractivity contribution is 5.66. The van der Waals surface area contributed by atoms with Crippen molar-refractivity contribution < 1.29 is 15.0 Å². The lowest BCUT2D eigenvalue weighted by Crippen LogP contribution is -2.18. The van der Waals surface area contributed by atoms with E-state index in [1.165, 1.54) is 19.3 Å². The van der Waals surface area contributed by atoms with Crippen molar-refractivity contribution in [1.29, 1.82) is 0 Å². The van der Waals surface area contributed by atoms with E-state index >= 15 is 0 Å². The van der Waals surface area contributed by atoms with Gasteiger partial charge in [0, 0.05) is 6.42 Å². The van der Waals surface area contributed by atoms with Crippen LogP contribution in [0, 0.1) is 11.8 Å². The van der Waals surface area contributed by atoms with Crippen molar-refractivity contribution in [2.75, 3.05) is 0 Å². The van der Waals surface area contributed by atoms with Crippen molar-refractivity contribution in [3.8, 4) is 0 Å². The summed E-state index contributed by atoms with van der Waals surface area (Å²) < 4.78 is 0. The minimum atomic E-state index is -0.685. The Labute approximate surface area is 104 Å². The molecule has 0 amide bonds. The summed E-state index contributed by atoms with van der Waals surface area (Å²) in [4.78, 5) is 10.3. The molecule has 0 radical (unpaired) electrons. The van der Waals surface area contributed by atoms with Gasteiger partial charge in [0.1, 0.15) is 0 Å².